The number of aliphatic hydroxyl groups is 3. The number of aliphatic hydroxyl groups excluding tert-OH is 3. The summed E-state index contributed by atoms with van der Waals surface area (Å²) in [6.07, 6.45) is 5.41. The van der Waals surface area contributed by atoms with Gasteiger partial charge in [-0.15, -0.1) is 4.98 Å². The molecular formula is C77H64F2N18O12. The van der Waals surface area contributed by atoms with Crippen molar-refractivity contribution in [3.05, 3.63) is 295 Å². The molecule has 3 aliphatic rings. The van der Waals surface area contributed by atoms with Gasteiger partial charge in [0.2, 0.25) is 5.95 Å². The van der Waals surface area contributed by atoms with Gasteiger partial charge in [0.05, 0.1) is 55.0 Å². The number of ketones is 3. The number of amides is 6. The van der Waals surface area contributed by atoms with E-state index in [4.69, 9.17) is 6.57 Å². The van der Waals surface area contributed by atoms with E-state index >= 15 is 0 Å². The van der Waals surface area contributed by atoms with E-state index in [-0.39, 0.29) is 94.9 Å². The standard InChI is InChI=1S/C26H22FN5O4.C26H21N7O4.C25H21FN6O4/c1-14(33)16-4-7-19-17(10-16)11-22(34)24(19)31-26(36)21-12-20(30-23-8-9-29-32(21)23)25(35)28-13-15-2-5-18(27)6-3-15;1-14(34)16-3-4-18-17(10-16)11-21(35)24(18)32-26(37)20-12-19(31-23-6-8-30-33(20)23)25(36)29-13-15-5-7-28-22(9-15)27-2;1-13(33)15-2-3-17-16(9-15)10-20(34)23(17)31-25(36)19-11-18(30-22-5-7-29-32(19)22)24(35)28-12-14-4-6-27-21(26)8-14/h2-10,12,22,24,34H,11,13H2,1H3,(H,28,35)(H,31,36);3-10,12,21,24,35H,11,13H2,1H3,(H,29,36)(H,32,37);2-9,11,20,23,34H,10,12H2,1H3,(H,28,35)(H,31,36)/t22-,24-;21-,24-;20-,23-/m111/s1. The number of nitrogens with one attached hydrogen (secondary N) is 6. The van der Waals surface area contributed by atoms with Gasteiger partial charge in [0.25, 0.3) is 41.3 Å². The Kier molecular flexibility index (Phi) is 21.2. The zero-order valence-corrected chi connectivity index (χ0v) is 58.0. The average molecular weight is 1470 g/mol. The third-order valence-electron chi connectivity index (χ3n) is 18.4. The maximum absolute atomic E-state index is 13.3. The summed E-state index contributed by atoms with van der Waals surface area (Å²) in [5.74, 6) is -4.31. The van der Waals surface area contributed by atoms with Crippen LogP contribution in [0.3, 0.4) is 0 Å². The highest BCUT2D eigenvalue weighted by Crippen LogP contribution is 2.36. The second kappa shape index (κ2) is 31.4. The molecule has 4 aromatic carbocycles. The minimum absolute atomic E-state index is 0.00809. The average Bonchev–Trinajstić information content (AvgIpc) is 1.68. The molecule has 12 aromatic rings. The molecule has 0 unspecified atom stereocenters. The van der Waals surface area contributed by atoms with E-state index in [1.807, 2.05) is 0 Å². The van der Waals surface area contributed by atoms with Crippen LogP contribution in [0, 0.1) is 18.3 Å². The first-order valence-corrected chi connectivity index (χ1v) is 33.9. The number of pyridine rings is 2. The minimum Gasteiger partial charge on any atom is -0.390 e. The highest BCUT2D eigenvalue weighted by Gasteiger charge is 2.37. The maximum atomic E-state index is 13.3. The van der Waals surface area contributed by atoms with Crippen LogP contribution >= 0.6 is 0 Å². The Bertz CT molecular complexity index is 5720. The van der Waals surface area contributed by atoms with Crippen molar-refractivity contribution >= 4 is 75.6 Å². The van der Waals surface area contributed by atoms with Crippen molar-refractivity contribution in [3.63, 3.8) is 0 Å². The van der Waals surface area contributed by atoms with E-state index in [1.165, 1.54) is 102 Å². The maximum Gasteiger partial charge on any atom is 0.270 e. The van der Waals surface area contributed by atoms with Gasteiger partial charge in [0.15, 0.2) is 34.3 Å². The normalized spacial score (nSPS) is 16.4. The lowest BCUT2D eigenvalue weighted by Crippen LogP contribution is -2.35. The van der Waals surface area contributed by atoms with Crippen LogP contribution in [-0.4, -0.2) is 140 Å². The molecule has 6 amide bonds. The van der Waals surface area contributed by atoms with Crippen LogP contribution in [0.1, 0.15) is 183 Å². The number of nitrogens with zero attached hydrogens (tertiary/aromatic N) is 12. The molecule has 30 nitrogen and oxygen atoms in total. The van der Waals surface area contributed by atoms with Crippen LogP contribution in [-0.2, 0) is 38.9 Å². The molecule has 0 fully saturated rings. The molecule has 0 radical (unpaired) electrons. The number of aromatic nitrogens is 11. The fraction of sp³-hybridized carbons (Fsp3) is 0.195. The van der Waals surface area contributed by atoms with E-state index in [9.17, 15) is 67.3 Å². The first-order valence-electron chi connectivity index (χ1n) is 33.9. The van der Waals surface area contributed by atoms with Crippen molar-refractivity contribution in [1.82, 2.24) is 85.7 Å². The second-order valence-corrected chi connectivity index (χ2v) is 25.8. The largest absolute Gasteiger partial charge is 0.390 e. The Labute approximate surface area is 616 Å². The molecule has 15 rings (SSSR count). The summed E-state index contributed by atoms with van der Waals surface area (Å²) >= 11 is 0. The van der Waals surface area contributed by atoms with Crippen LogP contribution < -0.4 is 31.9 Å². The van der Waals surface area contributed by atoms with Gasteiger partial charge in [-0.25, -0.2) is 37.9 Å². The lowest BCUT2D eigenvalue weighted by Gasteiger charge is -2.18. The molecule has 32 heteroatoms. The van der Waals surface area contributed by atoms with E-state index in [0.29, 0.717) is 63.1 Å². The predicted octanol–water partition coefficient (Wildman–Crippen LogP) is 6.37. The fourth-order valence-electron chi connectivity index (χ4n) is 12.9. The monoisotopic (exact) mass is 1470 g/mol. The predicted molar refractivity (Wildman–Crippen MR) is 383 cm³/mol. The topological polar surface area (TPSA) is 407 Å². The lowest BCUT2D eigenvalue weighted by molar-refractivity contribution is 0.0845. The van der Waals surface area contributed by atoms with Crippen molar-refractivity contribution in [2.75, 3.05) is 0 Å². The molecule has 109 heavy (non-hydrogen) atoms. The molecule has 0 bridgehead atoms. The van der Waals surface area contributed by atoms with Gasteiger partial charge in [0.1, 0.15) is 46.2 Å². The molecule has 6 atom stereocenters. The lowest BCUT2D eigenvalue weighted by atomic mass is 10.0. The summed E-state index contributed by atoms with van der Waals surface area (Å²) in [4.78, 5) is 137. The first-order chi connectivity index (χ1) is 52.4. The molecule has 8 heterocycles. The van der Waals surface area contributed by atoms with Crippen LogP contribution in [0.5, 0.6) is 0 Å². The summed E-state index contributed by atoms with van der Waals surface area (Å²) in [7, 11) is 0. The van der Waals surface area contributed by atoms with Crippen molar-refractivity contribution in [3.8, 4) is 0 Å². The number of carbonyl (C=O) groups excluding carboxylic acids is 9. The molecule has 0 saturated carbocycles. The Hall–Kier alpha value is -13.9. The Balaban J connectivity index is 0.000000144. The summed E-state index contributed by atoms with van der Waals surface area (Å²) in [5, 5.41) is 60.9. The second-order valence-electron chi connectivity index (χ2n) is 25.8. The van der Waals surface area contributed by atoms with Crippen LogP contribution in [0.25, 0.3) is 21.8 Å². The van der Waals surface area contributed by atoms with Crippen LogP contribution in [0.15, 0.2) is 171 Å². The van der Waals surface area contributed by atoms with E-state index < -0.39 is 77.8 Å². The molecule has 0 saturated heterocycles. The van der Waals surface area contributed by atoms with Gasteiger partial charge in [-0.2, -0.15) is 19.7 Å². The Morgan fingerprint density at radius 1 is 0.422 bits per heavy atom. The Morgan fingerprint density at radius 2 is 0.771 bits per heavy atom. The van der Waals surface area contributed by atoms with Gasteiger partial charge in [-0.1, -0.05) is 55.1 Å². The SMILES string of the molecule is CC(=O)c1ccc2c(c1)C[C@@H](O)[C@@H]2NC(=O)c1cc(C(=O)NCc2ccc(F)cc2)nc2ccnn12.CC(=O)c1ccc2c(c1)C[C@@H](O)[C@@H]2NC(=O)c1cc(C(=O)NCc2ccnc(F)c2)nc2ccnn12.[C-]#[N+]c1cc(CNC(=O)c2cc(C(=O)N[C@@H]3c4ccc(C(C)=O)cc4C[C@H]3O)n3nccc3n2)ccn1. The van der Waals surface area contributed by atoms with Crippen LogP contribution in [0.4, 0.5) is 14.6 Å². The van der Waals surface area contributed by atoms with E-state index in [0.717, 1.165) is 27.8 Å². The molecule has 548 valence electrons. The smallest absolute Gasteiger partial charge is 0.270 e. The molecule has 8 aromatic heterocycles. The van der Waals surface area contributed by atoms with E-state index in [2.05, 4.69) is 77.0 Å². The number of halogens is 2. The number of Topliss-reactive ketones (excluding diaryl/α,β-unsaturated/α-hetero) is 3. The first kappa shape index (κ1) is 73.4. The van der Waals surface area contributed by atoms with Crippen LogP contribution in [0.2, 0.25) is 0 Å². The zero-order valence-electron chi connectivity index (χ0n) is 58.0. The minimum atomic E-state index is -0.885. The number of hydrogen-bond acceptors (Lipinski definition) is 20. The third-order valence-corrected chi connectivity index (χ3v) is 18.4. The number of rotatable bonds is 18. The molecule has 0 aliphatic heterocycles. The highest BCUT2D eigenvalue weighted by molar-refractivity contribution is 6.01. The summed E-state index contributed by atoms with van der Waals surface area (Å²) in [5.41, 5.74) is 9.12. The number of fused-ring (bicyclic) bond motifs is 6. The quantitative estimate of drug-likeness (QED) is 0.0256. The molecule has 3 aliphatic carbocycles. The molecule has 0 spiro atoms. The van der Waals surface area contributed by atoms with Gasteiger partial charge in [-0.3, -0.25) is 43.2 Å². The van der Waals surface area contributed by atoms with Crippen molar-refractivity contribution in [2.24, 2.45) is 0 Å². The highest BCUT2D eigenvalue weighted by atomic mass is 19.1. The third kappa shape index (κ3) is 16.2. The zero-order chi connectivity index (χ0) is 76.9. The van der Waals surface area contributed by atoms with Gasteiger partial charge in [-0.05, 0) is 125 Å². The van der Waals surface area contributed by atoms with Gasteiger partial charge in [0, 0.05) is 98.2 Å². The molecular weight excluding hydrogens is 1410 g/mol. The number of carbonyl (C=O) groups is 9. The van der Waals surface area contributed by atoms with Gasteiger partial charge < -0.3 is 52.1 Å². The fourth-order valence-corrected chi connectivity index (χ4v) is 12.9. The Morgan fingerprint density at radius 3 is 1.12 bits per heavy atom. The summed E-state index contributed by atoms with van der Waals surface area (Å²) < 4.78 is 30.4. The summed E-state index contributed by atoms with van der Waals surface area (Å²) in [6, 6.07) is 33.7. The van der Waals surface area contributed by atoms with Gasteiger partial charge >= 0.3 is 0 Å². The van der Waals surface area contributed by atoms with Crippen molar-refractivity contribution in [1.29, 1.82) is 0 Å². The number of hydrogen-bond donors (Lipinski definition) is 9. The molecule has 9 N–H and O–H groups in total. The van der Waals surface area contributed by atoms with E-state index in [1.54, 1.807) is 103 Å². The summed E-state index contributed by atoms with van der Waals surface area (Å²) in [6.45, 7) is 11.8. The van der Waals surface area contributed by atoms with Crippen molar-refractivity contribution < 1.29 is 67.3 Å². The number of benzene rings is 4. The van der Waals surface area contributed by atoms with Crippen molar-refractivity contribution in [2.45, 2.75) is 96.1 Å².